The van der Waals surface area contributed by atoms with Crippen molar-refractivity contribution in [3.05, 3.63) is 0 Å². The molecule has 0 spiro atoms. The first-order chi connectivity index (χ1) is 13.5. The van der Waals surface area contributed by atoms with Crippen molar-refractivity contribution in [2.45, 2.75) is 96.3 Å². The van der Waals surface area contributed by atoms with E-state index in [-0.39, 0.29) is 11.9 Å². The molecule has 3 amide bonds. The molecule has 2 aliphatic rings. The van der Waals surface area contributed by atoms with Crippen LogP contribution in [0.5, 0.6) is 0 Å². The van der Waals surface area contributed by atoms with Crippen molar-refractivity contribution in [1.29, 1.82) is 0 Å². The average molecular weight is 417 g/mol. The van der Waals surface area contributed by atoms with Gasteiger partial charge in [-0.05, 0) is 31.1 Å². The van der Waals surface area contributed by atoms with Crippen LogP contribution < -0.4 is 16.4 Å². The van der Waals surface area contributed by atoms with E-state index in [4.69, 9.17) is 5.73 Å². The number of hydrogen-bond acceptors (Lipinski definition) is 4. The van der Waals surface area contributed by atoms with Crippen LogP contribution in [-0.4, -0.2) is 59.8 Å². The van der Waals surface area contributed by atoms with E-state index in [1.807, 2.05) is 20.8 Å². The summed E-state index contributed by atoms with van der Waals surface area (Å²) < 4.78 is 26.0. The number of carbonyl (C=O) groups is 3. The highest BCUT2D eigenvalue weighted by Gasteiger charge is 2.40. The van der Waals surface area contributed by atoms with Gasteiger partial charge in [0.25, 0.3) is 0 Å². The van der Waals surface area contributed by atoms with Gasteiger partial charge < -0.3 is 21.3 Å². The van der Waals surface area contributed by atoms with Crippen molar-refractivity contribution in [2.75, 3.05) is 6.54 Å². The molecule has 1 saturated carbocycles. The van der Waals surface area contributed by atoms with E-state index in [2.05, 4.69) is 10.6 Å². The van der Waals surface area contributed by atoms with Gasteiger partial charge in [-0.25, -0.2) is 8.78 Å². The summed E-state index contributed by atoms with van der Waals surface area (Å²) in [5.41, 5.74) is 5.58. The minimum atomic E-state index is -2.73. The number of alkyl halides is 2. The summed E-state index contributed by atoms with van der Waals surface area (Å²) in [6.45, 7) is 5.90. The summed E-state index contributed by atoms with van der Waals surface area (Å²) in [5.74, 6) is -1.51. The van der Waals surface area contributed by atoms with Crippen molar-refractivity contribution in [2.24, 2.45) is 11.1 Å². The van der Waals surface area contributed by atoms with Gasteiger partial charge in [0.15, 0.2) is 0 Å². The molecule has 1 saturated heterocycles. The molecule has 7 nitrogen and oxygen atoms in total. The third-order valence-electron chi connectivity index (χ3n) is 5.79. The zero-order valence-corrected chi connectivity index (χ0v) is 17.5. The van der Waals surface area contributed by atoms with Gasteiger partial charge in [-0.1, -0.05) is 33.6 Å². The number of rotatable bonds is 7. The smallest absolute Gasteiger partial charge is 0.243 e. The third kappa shape index (κ3) is 6.35. The molecule has 0 radical (unpaired) electrons. The van der Waals surface area contributed by atoms with Gasteiger partial charge in [-0.3, -0.25) is 14.4 Å². The molecule has 0 aromatic rings. The predicted octanol–water partition coefficient (Wildman–Crippen LogP) is 1.55. The quantitative estimate of drug-likeness (QED) is 0.586. The molecule has 0 aromatic carbocycles. The zero-order chi connectivity index (χ0) is 21.8. The fourth-order valence-electron chi connectivity index (χ4n) is 3.90. The summed E-state index contributed by atoms with van der Waals surface area (Å²) in [6.07, 6.45) is 1.16. The Bertz CT molecular complexity index is 603. The predicted molar refractivity (Wildman–Crippen MR) is 105 cm³/mol. The fourth-order valence-corrected chi connectivity index (χ4v) is 3.90. The van der Waals surface area contributed by atoms with Crippen molar-refractivity contribution in [3.63, 3.8) is 0 Å². The lowest BCUT2D eigenvalue weighted by atomic mass is 9.86. The van der Waals surface area contributed by atoms with E-state index in [1.54, 1.807) is 0 Å². The first-order valence-corrected chi connectivity index (χ1v) is 10.5. The van der Waals surface area contributed by atoms with E-state index >= 15 is 0 Å². The Hall–Kier alpha value is -1.77. The second-order valence-electron chi connectivity index (χ2n) is 9.21. The summed E-state index contributed by atoms with van der Waals surface area (Å²) in [7, 11) is 0. The Morgan fingerprint density at radius 1 is 1.10 bits per heavy atom. The van der Waals surface area contributed by atoms with Gasteiger partial charge in [-0.15, -0.1) is 0 Å². The lowest BCUT2D eigenvalue weighted by Gasteiger charge is -2.33. The van der Waals surface area contributed by atoms with Crippen LogP contribution >= 0.6 is 0 Å². The standard InChI is InChI=1S/C20H34F2N4O3/c1-20(2,3)16(23)19(29)26-10-6-9-14(26)18(28)25-13(11-15(21)22)17(27)24-12-7-4-5-8-12/h12-16H,4-11,23H2,1-3H3,(H,24,27)(H,25,28)/t13-,14-,16+/m0/s1. The second-order valence-corrected chi connectivity index (χ2v) is 9.21. The highest BCUT2D eigenvalue weighted by molar-refractivity contribution is 5.93. The Labute approximate surface area is 171 Å². The van der Waals surface area contributed by atoms with Gasteiger partial charge in [-0.2, -0.15) is 0 Å². The van der Waals surface area contributed by atoms with Gasteiger partial charge in [0.1, 0.15) is 12.1 Å². The topological polar surface area (TPSA) is 105 Å². The normalized spacial score (nSPS) is 22.6. The molecule has 0 unspecified atom stereocenters. The van der Waals surface area contributed by atoms with Crippen molar-refractivity contribution >= 4 is 17.7 Å². The monoisotopic (exact) mass is 416 g/mol. The van der Waals surface area contributed by atoms with Crippen LogP contribution in [0.2, 0.25) is 0 Å². The van der Waals surface area contributed by atoms with Crippen LogP contribution in [0.3, 0.4) is 0 Å². The van der Waals surface area contributed by atoms with Crippen molar-refractivity contribution in [1.82, 2.24) is 15.5 Å². The molecule has 166 valence electrons. The third-order valence-corrected chi connectivity index (χ3v) is 5.79. The molecule has 2 fully saturated rings. The van der Waals surface area contributed by atoms with Gasteiger partial charge in [0.05, 0.1) is 6.04 Å². The Kier molecular flexibility index (Phi) is 7.96. The van der Waals surface area contributed by atoms with Crippen LogP contribution in [-0.2, 0) is 14.4 Å². The molecular weight excluding hydrogens is 382 g/mol. The highest BCUT2D eigenvalue weighted by Crippen LogP contribution is 2.25. The summed E-state index contributed by atoms with van der Waals surface area (Å²) >= 11 is 0. The van der Waals surface area contributed by atoms with Crippen molar-refractivity contribution < 1.29 is 23.2 Å². The summed E-state index contributed by atoms with van der Waals surface area (Å²) in [6, 6.07) is -2.93. The number of amides is 3. The minimum absolute atomic E-state index is 0.0334. The molecule has 2 rings (SSSR count). The highest BCUT2D eigenvalue weighted by atomic mass is 19.3. The molecule has 4 N–H and O–H groups in total. The summed E-state index contributed by atoms with van der Waals surface area (Å²) in [4.78, 5) is 39.4. The van der Waals surface area contributed by atoms with Crippen LogP contribution in [0.1, 0.15) is 65.7 Å². The number of halogens is 2. The molecule has 1 aliphatic heterocycles. The lowest BCUT2D eigenvalue weighted by Crippen LogP contribution is -2.57. The molecule has 0 bridgehead atoms. The van der Waals surface area contributed by atoms with E-state index < -0.39 is 48.2 Å². The summed E-state index contributed by atoms with van der Waals surface area (Å²) in [5, 5.41) is 5.23. The molecule has 1 aliphatic carbocycles. The zero-order valence-electron chi connectivity index (χ0n) is 17.5. The van der Waals surface area contributed by atoms with Gasteiger partial charge in [0, 0.05) is 19.0 Å². The number of carbonyl (C=O) groups excluding carboxylic acids is 3. The van der Waals surface area contributed by atoms with E-state index in [9.17, 15) is 23.2 Å². The Morgan fingerprint density at radius 2 is 1.72 bits per heavy atom. The number of likely N-dealkylation sites (tertiary alicyclic amines) is 1. The molecule has 29 heavy (non-hydrogen) atoms. The van der Waals surface area contributed by atoms with Gasteiger partial charge in [0.2, 0.25) is 24.1 Å². The maximum atomic E-state index is 13.0. The van der Waals surface area contributed by atoms with Crippen LogP contribution in [0.25, 0.3) is 0 Å². The Morgan fingerprint density at radius 3 is 2.28 bits per heavy atom. The van der Waals surface area contributed by atoms with Crippen LogP contribution in [0.4, 0.5) is 8.78 Å². The number of hydrogen-bond donors (Lipinski definition) is 3. The number of nitrogens with zero attached hydrogens (tertiary/aromatic N) is 1. The first kappa shape index (κ1) is 23.5. The maximum absolute atomic E-state index is 13.0. The maximum Gasteiger partial charge on any atom is 0.243 e. The molecule has 1 heterocycles. The van der Waals surface area contributed by atoms with E-state index in [1.165, 1.54) is 4.90 Å². The Balaban J connectivity index is 2.04. The van der Waals surface area contributed by atoms with Crippen LogP contribution in [0, 0.1) is 5.41 Å². The molecule has 9 heteroatoms. The van der Waals surface area contributed by atoms with Gasteiger partial charge >= 0.3 is 0 Å². The first-order valence-electron chi connectivity index (χ1n) is 10.5. The minimum Gasteiger partial charge on any atom is -0.352 e. The number of nitrogens with one attached hydrogen (secondary N) is 2. The van der Waals surface area contributed by atoms with Crippen LogP contribution in [0.15, 0.2) is 0 Å². The SMILES string of the molecule is CC(C)(C)[C@H](N)C(=O)N1CCC[C@H]1C(=O)N[C@@H](CC(F)F)C(=O)NC1CCCC1. The second kappa shape index (κ2) is 9.82. The number of nitrogens with two attached hydrogens (primary N) is 1. The molecule has 3 atom stereocenters. The fraction of sp³-hybridized carbons (Fsp3) is 0.850. The largest absolute Gasteiger partial charge is 0.352 e. The lowest BCUT2D eigenvalue weighted by molar-refractivity contribution is -0.142. The molecule has 0 aromatic heterocycles. The average Bonchev–Trinajstić information content (AvgIpc) is 3.30. The van der Waals surface area contributed by atoms with Crippen molar-refractivity contribution in [3.8, 4) is 0 Å². The molecular formula is C20H34F2N4O3. The van der Waals surface area contributed by atoms with E-state index in [0.29, 0.717) is 19.4 Å². The van der Waals surface area contributed by atoms with E-state index in [0.717, 1.165) is 25.7 Å².